The number of rotatable bonds is 5. The predicted octanol–water partition coefficient (Wildman–Crippen LogP) is 4.18. The minimum absolute atomic E-state index is 0.555. The van der Waals surface area contributed by atoms with Crippen LogP contribution in [-0.2, 0) is 0 Å². The highest BCUT2D eigenvalue weighted by molar-refractivity contribution is 5.89. The lowest BCUT2D eigenvalue weighted by Crippen LogP contribution is -2.26. The first-order valence-electron chi connectivity index (χ1n) is 8.70. The zero-order chi connectivity index (χ0) is 16.1. The highest BCUT2D eigenvalue weighted by atomic mass is 15.3. The van der Waals surface area contributed by atoms with Crippen LogP contribution in [0.25, 0.3) is 5.57 Å². The molecule has 1 aromatic carbocycles. The molecule has 2 aliphatic rings. The molecule has 0 aliphatic heterocycles. The Balaban J connectivity index is 1.70. The maximum Gasteiger partial charge on any atom is 0.0546 e. The van der Waals surface area contributed by atoms with Gasteiger partial charge in [0.1, 0.15) is 0 Å². The fourth-order valence-corrected chi connectivity index (χ4v) is 3.36. The Morgan fingerprint density at radius 1 is 1.13 bits per heavy atom. The molecule has 0 amide bonds. The molecule has 0 aromatic heterocycles. The molecular weight excluding hydrogens is 282 g/mol. The van der Waals surface area contributed by atoms with Crippen molar-refractivity contribution in [3.63, 3.8) is 0 Å². The lowest BCUT2D eigenvalue weighted by molar-refractivity contribution is 0.381. The second kappa shape index (κ2) is 7.49. The summed E-state index contributed by atoms with van der Waals surface area (Å²) in [6.45, 7) is 0. The van der Waals surface area contributed by atoms with Crippen molar-refractivity contribution in [1.82, 2.24) is 10.3 Å². The van der Waals surface area contributed by atoms with Gasteiger partial charge < -0.3 is 10.3 Å². The molecule has 0 bridgehead atoms. The second-order valence-corrected chi connectivity index (χ2v) is 6.71. The molecule has 3 rings (SSSR count). The third kappa shape index (κ3) is 4.04. The molecule has 2 aliphatic carbocycles. The van der Waals surface area contributed by atoms with E-state index in [0.29, 0.717) is 6.04 Å². The molecule has 0 heterocycles. The quantitative estimate of drug-likeness (QED) is 0.653. The average Bonchev–Trinajstić information content (AvgIpc) is 3.06. The highest BCUT2D eigenvalue weighted by Crippen LogP contribution is 2.29. The van der Waals surface area contributed by atoms with Crippen LogP contribution in [0.3, 0.4) is 0 Å². The Labute approximate surface area is 139 Å². The van der Waals surface area contributed by atoms with Crippen LogP contribution in [0.1, 0.15) is 49.7 Å². The summed E-state index contributed by atoms with van der Waals surface area (Å²) in [5.41, 5.74) is 8.47. The van der Waals surface area contributed by atoms with E-state index in [0.717, 1.165) is 6.42 Å². The summed E-state index contributed by atoms with van der Waals surface area (Å²) in [4.78, 5) is 2.16. The van der Waals surface area contributed by atoms with Gasteiger partial charge >= 0.3 is 0 Å². The van der Waals surface area contributed by atoms with Gasteiger partial charge in [-0.1, -0.05) is 49.6 Å². The van der Waals surface area contributed by atoms with Crippen molar-refractivity contribution in [2.75, 3.05) is 14.1 Å². The first-order chi connectivity index (χ1) is 11.2. The van der Waals surface area contributed by atoms with Crippen molar-refractivity contribution >= 4 is 11.8 Å². The Hall–Kier alpha value is -2.03. The van der Waals surface area contributed by atoms with Gasteiger partial charge in [-0.05, 0) is 36.5 Å². The van der Waals surface area contributed by atoms with E-state index < -0.39 is 0 Å². The monoisotopic (exact) mass is 309 g/mol. The lowest BCUT2D eigenvalue weighted by Gasteiger charge is -2.20. The van der Waals surface area contributed by atoms with E-state index in [1.54, 1.807) is 0 Å². The normalized spacial score (nSPS) is 18.9. The minimum Gasteiger partial charge on any atom is -0.378 e. The first-order valence-corrected chi connectivity index (χ1v) is 8.70. The topological polar surface area (TPSA) is 27.6 Å². The fraction of sp³-hybridized carbons (Fsp3) is 0.450. The smallest absolute Gasteiger partial charge is 0.0546 e. The largest absolute Gasteiger partial charge is 0.378 e. The molecule has 3 nitrogen and oxygen atoms in total. The maximum atomic E-state index is 4.52. The molecule has 0 spiro atoms. The van der Waals surface area contributed by atoms with Gasteiger partial charge in [0.2, 0.25) is 0 Å². The van der Waals surface area contributed by atoms with Gasteiger partial charge in [-0.25, -0.2) is 0 Å². The van der Waals surface area contributed by atoms with E-state index in [1.165, 1.54) is 54.5 Å². The molecule has 1 saturated carbocycles. The number of nitrogens with one attached hydrogen (secondary N) is 1. The number of hydrazone groups is 1. The van der Waals surface area contributed by atoms with Gasteiger partial charge in [0.05, 0.1) is 6.21 Å². The number of nitrogens with zero attached hydrogens (tertiary/aromatic N) is 2. The number of hydrogen-bond acceptors (Lipinski definition) is 3. The molecule has 0 saturated heterocycles. The number of allylic oxidation sites excluding steroid dienone is 3. The number of hydrogen-bond donors (Lipinski definition) is 1. The molecule has 0 radical (unpaired) electrons. The fourth-order valence-electron chi connectivity index (χ4n) is 3.36. The van der Waals surface area contributed by atoms with Gasteiger partial charge in [-0.3, -0.25) is 0 Å². The van der Waals surface area contributed by atoms with E-state index >= 15 is 0 Å². The molecule has 1 fully saturated rings. The van der Waals surface area contributed by atoms with Crippen LogP contribution in [-0.4, -0.2) is 31.3 Å². The van der Waals surface area contributed by atoms with Crippen LogP contribution in [0, 0.1) is 0 Å². The molecule has 0 atom stereocenters. The van der Waals surface area contributed by atoms with Crippen molar-refractivity contribution in [2.24, 2.45) is 5.10 Å². The maximum absolute atomic E-state index is 4.52. The van der Waals surface area contributed by atoms with Crippen LogP contribution >= 0.6 is 0 Å². The van der Waals surface area contributed by atoms with E-state index in [1.807, 2.05) is 6.21 Å². The van der Waals surface area contributed by atoms with E-state index in [4.69, 9.17) is 0 Å². The highest BCUT2D eigenvalue weighted by Gasteiger charge is 2.13. The van der Waals surface area contributed by atoms with Gasteiger partial charge in [0, 0.05) is 31.4 Å². The minimum atomic E-state index is 0.555. The van der Waals surface area contributed by atoms with Crippen molar-refractivity contribution in [3.05, 3.63) is 53.2 Å². The summed E-state index contributed by atoms with van der Waals surface area (Å²) in [6.07, 6.45) is 14.1. The van der Waals surface area contributed by atoms with Crippen LogP contribution in [0.4, 0.5) is 0 Å². The zero-order valence-electron chi connectivity index (χ0n) is 14.3. The Morgan fingerprint density at radius 2 is 1.91 bits per heavy atom. The number of benzene rings is 1. The summed E-state index contributed by atoms with van der Waals surface area (Å²) in [5, 5.41) is 4.52. The molecular formula is C20H27N3. The van der Waals surface area contributed by atoms with Crippen LogP contribution in [0.2, 0.25) is 0 Å². The summed E-state index contributed by atoms with van der Waals surface area (Å²) in [6, 6.07) is 9.09. The summed E-state index contributed by atoms with van der Waals surface area (Å²) in [5.74, 6) is 0. The van der Waals surface area contributed by atoms with Crippen molar-refractivity contribution in [1.29, 1.82) is 0 Å². The standard InChI is InChI=1S/C20H27N3/c1-23(2)19-13-12-16(14-19)20-11-7-6-8-17(20)15-21-22-18-9-4-3-5-10-18/h6-8,11,13-15,18,22H,3-5,9-10,12H2,1-2H3/b21-15+. The van der Waals surface area contributed by atoms with Crippen LogP contribution in [0.15, 0.2) is 47.2 Å². The third-order valence-electron chi connectivity index (χ3n) is 4.74. The van der Waals surface area contributed by atoms with E-state index in [9.17, 15) is 0 Å². The molecule has 23 heavy (non-hydrogen) atoms. The van der Waals surface area contributed by atoms with Gasteiger partial charge in [-0.15, -0.1) is 0 Å². The third-order valence-corrected chi connectivity index (χ3v) is 4.74. The Morgan fingerprint density at radius 3 is 2.65 bits per heavy atom. The van der Waals surface area contributed by atoms with Crippen molar-refractivity contribution < 1.29 is 0 Å². The molecule has 3 heteroatoms. The predicted molar refractivity (Wildman–Crippen MR) is 98.4 cm³/mol. The van der Waals surface area contributed by atoms with Gasteiger partial charge in [0.25, 0.3) is 0 Å². The summed E-state index contributed by atoms with van der Waals surface area (Å²) >= 11 is 0. The van der Waals surface area contributed by atoms with Crippen molar-refractivity contribution in [3.8, 4) is 0 Å². The molecule has 1 N–H and O–H groups in total. The number of likely N-dealkylation sites (N-methyl/N-ethyl adjacent to an activating group) is 1. The van der Waals surface area contributed by atoms with Gasteiger partial charge in [0.15, 0.2) is 0 Å². The molecule has 0 unspecified atom stereocenters. The average molecular weight is 309 g/mol. The lowest BCUT2D eigenvalue weighted by atomic mass is 9.96. The SMILES string of the molecule is CN(C)C1=CCC(c2ccccc2/C=N/NC2CCCCC2)=C1. The van der Waals surface area contributed by atoms with E-state index in [2.05, 4.69) is 65.9 Å². The molecule has 1 aromatic rings. The Bertz CT molecular complexity index is 620. The molecule has 122 valence electrons. The summed E-state index contributed by atoms with van der Waals surface area (Å²) < 4.78 is 0. The van der Waals surface area contributed by atoms with Crippen LogP contribution in [0.5, 0.6) is 0 Å². The van der Waals surface area contributed by atoms with Crippen molar-refractivity contribution in [2.45, 2.75) is 44.6 Å². The summed E-state index contributed by atoms with van der Waals surface area (Å²) in [7, 11) is 4.18. The van der Waals surface area contributed by atoms with Crippen LogP contribution < -0.4 is 5.43 Å². The van der Waals surface area contributed by atoms with E-state index in [-0.39, 0.29) is 0 Å². The second-order valence-electron chi connectivity index (χ2n) is 6.71. The first kappa shape index (κ1) is 15.9. The van der Waals surface area contributed by atoms with Gasteiger partial charge in [-0.2, -0.15) is 5.10 Å². The zero-order valence-corrected chi connectivity index (χ0v) is 14.3. The Kier molecular flexibility index (Phi) is 5.16.